The van der Waals surface area contributed by atoms with E-state index in [1.165, 1.54) is 0 Å². The van der Waals surface area contributed by atoms with Gasteiger partial charge in [0.05, 0.1) is 18.2 Å². The number of methoxy groups -OCH3 is 2. The Bertz CT molecular complexity index is 367. The minimum atomic E-state index is -0.203. The van der Waals surface area contributed by atoms with Gasteiger partial charge in [-0.3, -0.25) is 4.99 Å². The van der Waals surface area contributed by atoms with E-state index in [1.807, 2.05) is 0 Å². The predicted octanol–water partition coefficient (Wildman–Crippen LogP) is 2.42. The molecule has 144 valence electrons. The van der Waals surface area contributed by atoms with Gasteiger partial charge < -0.3 is 24.8 Å². The lowest BCUT2D eigenvalue weighted by Gasteiger charge is -2.35. The average molecular weight is 457 g/mol. The third-order valence-electron chi connectivity index (χ3n) is 4.41. The van der Waals surface area contributed by atoms with E-state index in [0.717, 1.165) is 45.1 Å². The SMILES string of the molecule is CCNC(=NCC1(OC)CCOCC1)NCC(OC)C(C)(C)C.I. The quantitative estimate of drug-likeness (QED) is 0.349. The second kappa shape index (κ2) is 11.5. The first-order valence-corrected chi connectivity index (χ1v) is 8.55. The van der Waals surface area contributed by atoms with Gasteiger partial charge in [-0.05, 0) is 12.3 Å². The molecular formula is C17H36IN3O3. The Hall–Kier alpha value is -0.120. The van der Waals surface area contributed by atoms with E-state index in [0.29, 0.717) is 6.54 Å². The summed E-state index contributed by atoms with van der Waals surface area (Å²) < 4.78 is 16.8. The van der Waals surface area contributed by atoms with Crippen molar-refractivity contribution in [1.29, 1.82) is 0 Å². The molecule has 0 bridgehead atoms. The molecule has 6 nitrogen and oxygen atoms in total. The summed E-state index contributed by atoms with van der Waals surface area (Å²) in [5.74, 6) is 0.807. The third kappa shape index (κ3) is 7.84. The van der Waals surface area contributed by atoms with Crippen LogP contribution >= 0.6 is 24.0 Å². The second-order valence-corrected chi connectivity index (χ2v) is 7.17. The number of guanidine groups is 1. The standard InChI is InChI=1S/C17H35N3O3.HI/c1-7-18-15(19-12-14(21-5)16(2,3)4)20-13-17(22-6)8-10-23-11-9-17;/h14H,7-13H2,1-6H3,(H2,18,19,20);1H. The number of nitrogens with zero attached hydrogens (tertiary/aromatic N) is 1. The van der Waals surface area contributed by atoms with Gasteiger partial charge in [0.25, 0.3) is 0 Å². The van der Waals surface area contributed by atoms with Crippen molar-refractivity contribution in [3.05, 3.63) is 0 Å². The van der Waals surface area contributed by atoms with Crippen molar-refractivity contribution in [2.45, 2.75) is 52.2 Å². The topological polar surface area (TPSA) is 64.1 Å². The average Bonchev–Trinajstić information content (AvgIpc) is 2.52. The summed E-state index contributed by atoms with van der Waals surface area (Å²) in [6.45, 7) is 12.2. The molecule has 0 radical (unpaired) electrons. The molecule has 1 unspecified atom stereocenters. The van der Waals surface area contributed by atoms with E-state index in [2.05, 4.69) is 38.3 Å². The fourth-order valence-corrected chi connectivity index (χ4v) is 2.67. The van der Waals surface area contributed by atoms with Crippen LogP contribution in [0.5, 0.6) is 0 Å². The number of aliphatic imine (C=N–C) groups is 1. The number of halogens is 1. The highest BCUT2D eigenvalue weighted by Crippen LogP contribution is 2.25. The van der Waals surface area contributed by atoms with E-state index >= 15 is 0 Å². The first-order valence-electron chi connectivity index (χ1n) is 8.55. The summed E-state index contributed by atoms with van der Waals surface area (Å²) in [7, 11) is 3.52. The molecule has 1 aliphatic heterocycles. The lowest BCUT2D eigenvalue weighted by molar-refractivity contribution is -0.0828. The van der Waals surface area contributed by atoms with Crippen LogP contribution in [0, 0.1) is 5.41 Å². The van der Waals surface area contributed by atoms with Gasteiger partial charge in [-0.15, -0.1) is 24.0 Å². The largest absolute Gasteiger partial charge is 0.381 e. The molecule has 2 N–H and O–H groups in total. The Morgan fingerprint density at radius 2 is 1.83 bits per heavy atom. The molecular weight excluding hydrogens is 421 g/mol. The van der Waals surface area contributed by atoms with Crippen LogP contribution in [0.1, 0.15) is 40.5 Å². The monoisotopic (exact) mass is 457 g/mol. The van der Waals surface area contributed by atoms with Crippen molar-refractivity contribution in [3.8, 4) is 0 Å². The van der Waals surface area contributed by atoms with Gasteiger partial charge in [-0.1, -0.05) is 20.8 Å². The maximum Gasteiger partial charge on any atom is 0.191 e. The Labute approximate surface area is 164 Å². The van der Waals surface area contributed by atoms with Crippen LogP contribution < -0.4 is 10.6 Å². The highest BCUT2D eigenvalue weighted by molar-refractivity contribution is 14.0. The summed E-state index contributed by atoms with van der Waals surface area (Å²) in [6, 6.07) is 0. The van der Waals surface area contributed by atoms with Crippen LogP contribution in [0.15, 0.2) is 4.99 Å². The van der Waals surface area contributed by atoms with Gasteiger partial charge in [0.1, 0.15) is 0 Å². The van der Waals surface area contributed by atoms with Crippen molar-refractivity contribution >= 4 is 29.9 Å². The first-order chi connectivity index (χ1) is 10.9. The lowest BCUT2D eigenvalue weighted by Crippen LogP contribution is -2.47. The number of ether oxygens (including phenoxy) is 3. The minimum absolute atomic E-state index is 0. The van der Waals surface area contributed by atoms with Crippen LogP contribution in [0.3, 0.4) is 0 Å². The fourth-order valence-electron chi connectivity index (χ4n) is 2.67. The van der Waals surface area contributed by atoms with Gasteiger partial charge >= 0.3 is 0 Å². The van der Waals surface area contributed by atoms with Crippen molar-refractivity contribution < 1.29 is 14.2 Å². The fraction of sp³-hybridized carbons (Fsp3) is 0.941. The van der Waals surface area contributed by atoms with E-state index in [4.69, 9.17) is 19.2 Å². The molecule has 1 saturated heterocycles. The van der Waals surface area contributed by atoms with Crippen molar-refractivity contribution in [3.63, 3.8) is 0 Å². The highest BCUT2D eigenvalue weighted by Gasteiger charge is 2.32. The van der Waals surface area contributed by atoms with E-state index in [9.17, 15) is 0 Å². The number of hydrogen-bond donors (Lipinski definition) is 2. The Balaban J connectivity index is 0.00000529. The number of rotatable bonds is 7. The minimum Gasteiger partial charge on any atom is -0.381 e. The zero-order valence-corrected chi connectivity index (χ0v) is 18.4. The third-order valence-corrected chi connectivity index (χ3v) is 4.41. The zero-order valence-electron chi connectivity index (χ0n) is 16.1. The molecule has 24 heavy (non-hydrogen) atoms. The molecule has 0 saturated carbocycles. The molecule has 1 rings (SSSR count). The molecule has 1 fully saturated rings. The van der Waals surface area contributed by atoms with E-state index < -0.39 is 0 Å². The van der Waals surface area contributed by atoms with Gasteiger partial charge in [0, 0.05) is 53.4 Å². The summed E-state index contributed by atoms with van der Waals surface area (Å²) >= 11 is 0. The van der Waals surface area contributed by atoms with Gasteiger partial charge in [-0.2, -0.15) is 0 Å². The number of nitrogens with one attached hydrogen (secondary N) is 2. The van der Waals surface area contributed by atoms with Crippen molar-refractivity contribution in [2.24, 2.45) is 10.4 Å². The summed E-state index contributed by atoms with van der Waals surface area (Å²) in [4.78, 5) is 4.73. The zero-order chi connectivity index (χ0) is 17.3. The molecule has 0 aromatic rings. The van der Waals surface area contributed by atoms with E-state index in [1.54, 1.807) is 14.2 Å². The molecule has 7 heteroatoms. The molecule has 0 aromatic carbocycles. The van der Waals surface area contributed by atoms with Crippen LogP contribution in [-0.2, 0) is 14.2 Å². The smallest absolute Gasteiger partial charge is 0.191 e. The van der Waals surface area contributed by atoms with Crippen LogP contribution in [0.4, 0.5) is 0 Å². The van der Waals surface area contributed by atoms with Crippen LogP contribution in [-0.4, -0.2) is 64.7 Å². The summed E-state index contributed by atoms with van der Waals surface area (Å²) in [5, 5.41) is 6.68. The van der Waals surface area contributed by atoms with E-state index in [-0.39, 0.29) is 41.1 Å². The van der Waals surface area contributed by atoms with Gasteiger partial charge in [0.15, 0.2) is 5.96 Å². The molecule has 1 aliphatic rings. The van der Waals surface area contributed by atoms with Gasteiger partial charge in [0.2, 0.25) is 0 Å². The second-order valence-electron chi connectivity index (χ2n) is 7.17. The summed E-state index contributed by atoms with van der Waals surface area (Å²) in [6.07, 6.45) is 1.88. The lowest BCUT2D eigenvalue weighted by atomic mass is 9.89. The maximum absolute atomic E-state index is 5.74. The van der Waals surface area contributed by atoms with Crippen molar-refractivity contribution in [1.82, 2.24) is 10.6 Å². The Kier molecular flexibility index (Phi) is 11.4. The first kappa shape index (κ1) is 23.9. The van der Waals surface area contributed by atoms with Crippen LogP contribution in [0.25, 0.3) is 0 Å². The molecule has 1 atom stereocenters. The number of hydrogen-bond acceptors (Lipinski definition) is 4. The molecule has 0 aromatic heterocycles. The maximum atomic E-state index is 5.74. The Morgan fingerprint density at radius 3 is 2.29 bits per heavy atom. The highest BCUT2D eigenvalue weighted by atomic mass is 127. The van der Waals surface area contributed by atoms with Crippen LogP contribution in [0.2, 0.25) is 0 Å². The predicted molar refractivity (Wildman–Crippen MR) is 109 cm³/mol. The summed E-state index contributed by atoms with van der Waals surface area (Å²) in [5.41, 5.74) is -0.126. The Morgan fingerprint density at radius 1 is 1.21 bits per heavy atom. The van der Waals surface area contributed by atoms with Crippen molar-refractivity contribution in [2.75, 3.05) is 47.1 Å². The molecule has 0 amide bonds. The molecule has 1 heterocycles. The molecule has 0 spiro atoms. The van der Waals surface area contributed by atoms with Gasteiger partial charge in [-0.25, -0.2) is 0 Å². The normalized spacial score (nSPS) is 19.3. The molecule has 0 aliphatic carbocycles.